The summed E-state index contributed by atoms with van der Waals surface area (Å²) in [5.74, 6) is 2.33. The average Bonchev–Trinajstić information content (AvgIpc) is 3.43. The van der Waals surface area contributed by atoms with Crippen LogP contribution in [0.3, 0.4) is 0 Å². The Balaban J connectivity index is 1.24. The topological polar surface area (TPSA) is 77.7 Å². The van der Waals surface area contributed by atoms with E-state index in [1.807, 2.05) is 53.4 Å². The van der Waals surface area contributed by atoms with Crippen molar-refractivity contribution in [3.63, 3.8) is 0 Å². The Morgan fingerprint density at radius 3 is 2.74 bits per heavy atom. The van der Waals surface area contributed by atoms with E-state index in [0.717, 1.165) is 48.4 Å². The van der Waals surface area contributed by atoms with Gasteiger partial charge in [-0.25, -0.2) is 0 Å². The number of nitrogens with zero attached hydrogens (tertiary/aromatic N) is 3. The van der Waals surface area contributed by atoms with Crippen molar-refractivity contribution in [1.29, 1.82) is 0 Å². The second-order valence-electron chi connectivity index (χ2n) is 7.53. The molecule has 1 fully saturated rings. The summed E-state index contributed by atoms with van der Waals surface area (Å²) in [4.78, 5) is 14.9. The summed E-state index contributed by atoms with van der Waals surface area (Å²) >= 11 is 1.28. The first kappa shape index (κ1) is 19.9. The van der Waals surface area contributed by atoms with Crippen LogP contribution in [-0.4, -0.2) is 46.5 Å². The first-order valence-corrected chi connectivity index (χ1v) is 11.5. The fourth-order valence-corrected chi connectivity index (χ4v) is 4.62. The van der Waals surface area contributed by atoms with Crippen molar-refractivity contribution in [3.05, 3.63) is 54.1 Å². The van der Waals surface area contributed by atoms with Crippen molar-refractivity contribution in [3.8, 4) is 23.0 Å². The summed E-state index contributed by atoms with van der Waals surface area (Å²) in [6.07, 6.45) is 2.79. The van der Waals surface area contributed by atoms with Gasteiger partial charge in [-0.15, -0.1) is 10.2 Å². The van der Waals surface area contributed by atoms with E-state index in [2.05, 4.69) is 10.2 Å². The van der Waals surface area contributed by atoms with Gasteiger partial charge in [-0.3, -0.25) is 4.79 Å². The fourth-order valence-electron chi connectivity index (χ4n) is 3.97. The summed E-state index contributed by atoms with van der Waals surface area (Å²) in [5, 5.41) is 8.56. The number of hydrogen-bond acceptors (Lipinski definition) is 7. The molecule has 0 aliphatic carbocycles. The Morgan fingerprint density at radius 2 is 1.87 bits per heavy atom. The predicted octanol–water partition coefficient (Wildman–Crippen LogP) is 4.35. The molecule has 0 bridgehead atoms. The average molecular weight is 438 g/mol. The standard InChI is InChI=1S/C23H23N3O4S/c27-21(15-31-23-25-24-22(30-23)16-6-2-1-3-7-16)26-11-4-8-18(26)17-9-10-19-20(14-17)29-13-5-12-28-19/h1-3,6-7,9-10,14,18H,4-5,8,11-13,15H2/t18-/m0/s1. The predicted molar refractivity (Wildman–Crippen MR) is 116 cm³/mol. The molecule has 0 N–H and O–H groups in total. The molecule has 2 aromatic carbocycles. The number of amides is 1. The van der Waals surface area contributed by atoms with E-state index >= 15 is 0 Å². The highest BCUT2D eigenvalue weighted by atomic mass is 32.2. The van der Waals surface area contributed by atoms with E-state index in [4.69, 9.17) is 13.9 Å². The fraction of sp³-hybridized carbons (Fsp3) is 0.348. The highest BCUT2D eigenvalue weighted by Crippen LogP contribution is 2.38. The molecule has 0 spiro atoms. The van der Waals surface area contributed by atoms with Crippen molar-refractivity contribution in [2.75, 3.05) is 25.5 Å². The number of carbonyl (C=O) groups is 1. The molecule has 5 rings (SSSR count). The number of fused-ring (bicyclic) bond motifs is 1. The molecule has 3 aromatic rings. The Labute approximate surface area is 184 Å². The van der Waals surface area contributed by atoms with Gasteiger partial charge in [0, 0.05) is 18.5 Å². The zero-order valence-electron chi connectivity index (χ0n) is 17.0. The molecule has 8 heteroatoms. The lowest BCUT2D eigenvalue weighted by Gasteiger charge is -2.25. The number of benzene rings is 2. The van der Waals surface area contributed by atoms with Gasteiger partial charge >= 0.3 is 0 Å². The van der Waals surface area contributed by atoms with Crippen molar-refractivity contribution in [2.45, 2.75) is 30.5 Å². The van der Waals surface area contributed by atoms with Gasteiger partial charge in [0.1, 0.15) is 0 Å². The minimum atomic E-state index is 0.0489. The van der Waals surface area contributed by atoms with Crippen molar-refractivity contribution in [2.24, 2.45) is 0 Å². The Morgan fingerprint density at radius 1 is 1.03 bits per heavy atom. The van der Waals surface area contributed by atoms with Crippen molar-refractivity contribution in [1.82, 2.24) is 15.1 Å². The molecule has 1 saturated heterocycles. The largest absolute Gasteiger partial charge is 0.490 e. The van der Waals surface area contributed by atoms with Crippen LogP contribution in [-0.2, 0) is 4.79 Å². The van der Waals surface area contributed by atoms with Gasteiger partial charge in [-0.2, -0.15) is 0 Å². The van der Waals surface area contributed by atoms with Gasteiger partial charge < -0.3 is 18.8 Å². The normalized spacial score (nSPS) is 18.1. The van der Waals surface area contributed by atoms with Gasteiger partial charge in [0.25, 0.3) is 5.22 Å². The number of aromatic nitrogens is 2. The van der Waals surface area contributed by atoms with Gasteiger partial charge in [-0.05, 0) is 42.7 Å². The van der Waals surface area contributed by atoms with E-state index in [1.165, 1.54) is 11.8 Å². The molecule has 1 amide bonds. The molecule has 1 aromatic heterocycles. The van der Waals surface area contributed by atoms with Crippen LogP contribution in [0.5, 0.6) is 11.5 Å². The Bertz CT molecular complexity index is 1060. The van der Waals surface area contributed by atoms with Crippen LogP contribution in [0.2, 0.25) is 0 Å². The molecule has 0 saturated carbocycles. The van der Waals surface area contributed by atoms with Gasteiger partial charge in [0.2, 0.25) is 11.8 Å². The first-order chi connectivity index (χ1) is 15.3. The van der Waals surface area contributed by atoms with Gasteiger partial charge in [0.05, 0.1) is 25.0 Å². The Hall–Kier alpha value is -3.00. The SMILES string of the molecule is O=C(CSc1nnc(-c2ccccc2)o1)N1CCC[C@H]1c1ccc2c(c1)OCCCO2. The van der Waals surface area contributed by atoms with Crippen LogP contribution in [0.15, 0.2) is 58.2 Å². The van der Waals surface area contributed by atoms with E-state index in [1.54, 1.807) is 0 Å². The number of rotatable bonds is 5. The minimum absolute atomic E-state index is 0.0489. The maximum Gasteiger partial charge on any atom is 0.277 e. The highest BCUT2D eigenvalue weighted by Gasteiger charge is 2.31. The second kappa shape index (κ2) is 9.01. The van der Waals surface area contributed by atoms with Crippen LogP contribution in [0.25, 0.3) is 11.5 Å². The molecule has 160 valence electrons. The van der Waals surface area contributed by atoms with Gasteiger partial charge in [0.15, 0.2) is 11.5 Å². The quantitative estimate of drug-likeness (QED) is 0.549. The Kier molecular flexibility index (Phi) is 5.80. The maximum absolute atomic E-state index is 13.0. The lowest BCUT2D eigenvalue weighted by atomic mass is 10.0. The molecule has 1 atom stereocenters. The van der Waals surface area contributed by atoms with E-state index in [-0.39, 0.29) is 17.7 Å². The van der Waals surface area contributed by atoms with Crippen molar-refractivity contribution < 1.29 is 18.7 Å². The third-order valence-electron chi connectivity index (χ3n) is 5.48. The van der Waals surface area contributed by atoms with E-state index < -0.39 is 0 Å². The summed E-state index contributed by atoms with van der Waals surface area (Å²) in [6, 6.07) is 15.7. The molecule has 2 aliphatic heterocycles. The summed E-state index contributed by atoms with van der Waals surface area (Å²) < 4.78 is 17.3. The summed E-state index contributed by atoms with van der Waals surface area (Å²) in [7, 11) is 0. The molecular formula is C23H23N3O4S. The number of carbonyl (C=O) groups excluding carboxylic acids is 1. The number of hydrogen-bond donors (Lipinski definition) is 0. The number of ether oxygens (including phenoxy) is 2. The third kappa shape index (κ3) is 4.39. The molecule has 7 nitrogen and oxygen atoms in total. The zero-order chi connectivity index (χ0) is 21.0. The van der Waals surface area contributed by atoms with E-state index in [9.17, 15) is 4.79 Å². The monoisotopic (exact) mass is 437 g/mol. The maximum atomic E-state index is 13.0. The molecule has 2 aliphatic rings. The van der Waals surface area contributed by atoms with Crippen LogP contribution >= 0.6 is 11.8 Å². The minimum Gasteiger partial charge on any atom is -0.490 e. The number of likely N-dealkylation sites (tertiary alicyclic amines) is 1. The lowest BCUT2D eigenvalue weighted by molar-refractivity contribution is -0.129. The molecule has 0 unspecified atom stereocenters. The molecule has 31 heavy (non-hydrogen) atoms. The lowest BCUT2D eigenvalue weighted by Crippen LogP contribution is -2.32. The second-order valence-corrected chi connectivity index (χ2v) is 8.46. The third-order valence-corrected chi connectivity index (χ3v) is 6.28. The summed E-state index contributed by atoms with van der Waals surface area (Å²) in [5.41, 5.74) is 1.95. The molecule has 3 heterocycles. The number of thioether (sulfide) groups is 1. The molecule has 0 radical (unpaired) electrons. The van der Waals surface area contributed by atoms with Crippen molar-refractivity contribution >= 4 is 17.7 Å². The first-order valence-electron chi connectivity index (χ1n) is 10.5. The van der Waals surface area contributed by atoms with Crippen LogP contribution in [0, 0.1) is 0 Å². The zero-order valence-corrected chi connectivity index (χ0v) is 17.8. The highest BCUT2D eigenvalue weighted by molar-refractivity contribution is 7.99. The van der Waals surface area contributed by atoms with Crippen LogP contribution in [0.1, 0.15) is 30.9 Å². The van der Waals surface area contributed by atoms with Crippen LogP contribution in [0.4, 0.5) is 0 Å². The molecular weight excluding hydrogens is 414 g/mol. The smallest absolute Gasteiger partial charge is 0.277 e. The van der Waals surface area contributed by atoms with Gasteiger partial charge in [-0.1, -0.05) is 36.0 Å². The van der Waals surface area contributed by atoms with Crippen LogP contribution < -0.4 is 9.47 Å². The summed E-state index contributed by atoms with van der Waals surface area (Å²) in [6.45, 7) is 2.06. The van der Waals surface area contributed by atoms with E-state index in [0.29, 0.717) is 24.3 Å².